The fraction of sp³-hybridized carbons (Fsp3) is 0.429. The van der Waals surface area contributed by atoms with Crippen LogP contribution in [0.15, 0.2) is 29.4 Å². The molecule has 30 heavy (non-hydrogen) atoms. The number of nitrogens with one attached hydrogen (secondary N) is 2. The fourth-order valence-electron chi connectivity index (χ4n) is 1.73. The Labute approximate surface area is 163 Å². The van der Waals surface area contributed by atoms with Crippen molar-refractivity contribution in [1.29, 1.82) is 0 Å². The SMILES string of the molecule is CC/C(C=O)=N/Nc1ccccc1NS(=O)(=O)C(F)(F)C(F)(F)C(F)(F)C(F)(F)F. The van der Waals surface area contributed by atoms with Gasteiger partial charge in [-0.1, -0.05) is 19.1 Å². The summed E-state index contributed by atoms with van der Waals surface area (Å²) in [7, 11) is -6.86. The van der Waals surface area contributed by atoms with Crippen molar-refractivity contribution in [2.24, 2.45) is 5.10 Å². The Bertz CT molecular complexity index is 915. The number of hydrogen-bond acceptors (Lipinski definition) is 5. The van der Waals surface area contributed by atoms with E-state index >= 15 is 0 Å². The quantitative estimate of drug-likeness (QED) is 0.243. The molecule has 1 rings (SSSR count). The molecule has 0 amide bonds. The van der Waals surface area contributed by atoms with Gasteiger partial charge in [-0.05, 0) is 18.6 Å². The molecule has 0 aliphatic carbocycles. The van der Waals surface area contributed by atoms with Gasteiger partial charge in [0.2, 0.25) is 0 Å². The Morgan fingerprint density at radius 1 is 0.967 bits per heavy atom. The van der Waals surface area contributed by atoms with Crippen LogP contribution in [0.3, 0.4) is 0 Å². The molecule has 6 nitrogen and oxygen atoms in total. The molecule has 16 heteroatoms. The molecule has 0 bridgehead atoms. The van der Waals surface area contributed by atoms with Crippen LogP contribution in [0.4, 0.5) is 50.9 Å². The lowest BCUT2D eigenvalue weighted by Gasteiger charge is -2.33. The predicted octanol–water partition coefficient (Wildman–Crippen LogP) is 4.23. The number of anilines is 2. The molecule has 2 N–H and O–H groups in total. The zero-order valence-electron chi connectivity index (χ0n) is 14.6. The second kappa shape index (κ2) is 8.31. The first kappa shape index (κ1) is 25.5. The lowest BCUT2D eigenvalue weighted by atomic mass is 10.1. The zero-order valence-corrected chi connectivity index (χ0v) is 15.4. The number of carbonyl (C=O) groups excluding carboxylic acids is 1. The number of para-hydroxylation sites is 2. The second-order valence-corrected chi connectivity index (χ2v) is 7.22. The van der Waals surface area contributed by atoms with Crippen molar-refractivity contribution in [3.05, 3.63) is 24.3 Å². The molecule has 0 saturated carbocycles. The topological polar surface area (TPSA) is 87.6 Å². The van der Waals surface area contributed by atoms with Crippen LogP contribution in [0.1, 0.15) is 13.3 Å². The van der Waals surface area contributed by atoms with Crippen molar-refractivity contribution in [2.45, 2.75) is 36.6 Å². The monoisotopic (exact) mass is 473 g/mol. The van der Waals surface area contributed by atoms with E-state index in [4.69, 9.17) is 0 Å². The van der Waals surface area contributed by atoms with E-state index in [2.05, 4.69) is 10.5 Å². The van der Waals surface area contributed by atoms with E-state index in [1.54, 1.807) is 0 Å². The number of hydrogen-bond donors (Lipinski definition) is 2. The molecule has 0 aromatic heterocycles. The summed E-state index contributed by atoms with van der Waals surface area (Å²) in [5, 5.41) is -3.43. The standard InChI is InChI=1S/C14H12F9N3O3S/c1-2-8(7-27)24-25-9-5-3-4-6-10(9)26-30(28,29)14(22,23)12(17,18)11(15,16)13(19,20)21/h3-7,25-26H,2H2,1H3/b24-8-. The van der Waals surface area contributed by atoms with Crippen molar-refractivity contribution in [3.63, 3.8) is 0 Å². The highest BCUT2D eigenvalue weighted by molar-refractivity contribution is 7.93. The smallest absolute Gasteiger partial charge is 0.296 e. The molecule has 0 radical (unpaired) electrons. The van der Waals surface area contributed by atoms with Crippen LogP contribution >= 0.6 is 0 Å². The Morgan fingerprint density at radius 2 is 1.47 bits per heavy atom. The van der Waals surface area contributed by atoms with Gasteiger partial charge in [0, 0.05) is 0 Å². The van der Waals surface area contributed by atoms with Gasteiger partial charge in [0.25, 0.3) is 0 Å². The number of benzene rings is 1. The molecular weight excluding hydrogens is 461 g/mol. The number of halogens is 9. The summed E-state index contributed by atoms with van der Waals surface area (Å²) in [5.74, 6) is -14.7. The first-order chi connectivity index (χ1) is 13.5. The summed E-state index contributed by atoms with van der Waals surface area (Å²) >= 11 is 0. The minimum absolute atomic E-state index is 0.0706. The molecule has 0 unspecified atom stereocenters. The van der Waals surface area contributed by atoms with E-state index in [0.29, 0.717) is 6.07 Å². The maximum atomic E-state index is 13.8. The number of carbonyl (C=O) groups is 1. The fourth-order valence-corrected chi connectivity index (χ4v) is 2.79. The predicted molar refractivity (Wildman–Crippen MR) is 87.3 cm³/mol. The van der Waals surface area contributed by atoms with Crippen LogP contribution < -0.4 is 10.1 Å². The second-order valence-electron chi connectivity index (χ2n) is 5.50. The van der Waals surface area contributed by atoms with Crippen molar-refractivity contribution in [2.75, 3.05) is 10.1 Å². The van der Waals surface area contributed by atoms with E-state index in [0.717, 1.165) is 16.9 Å². The van der Waals surface area contributed by atoms with E-state index in [1.165, 1.54) is 13.0 Å². The van der Waals surface area contributed by atoms with Gasteiger partial charge in [-0.2, -0.15) is 53.0 Å². The maximum Gasteiger partial charge on any atom is 0.460 e. The summed E-state index contributed by atoms with van der Waals surface area (Å²) in [4.78, 5) is 10.7. The van der Waals surface area contributed by atoms with Crippen LogP contribution in [-0.4, -0.2) is 43.7 Å². The van der Waals surface area contributed by atoms with E-state index < -0.39 is 44.7 Å². The summed E-state index contributed by atoms with van der Waals surface area (Å²) in [6.07, 6.45) is -6.83. The number of alkyl halides is 9. The van der Waals surface area contributed by atoms with Gasteiger partial charge in [0.05, 0.1) is 11.4 Å². The molecule has 0 heterocycles. The van der Waals surface area contributed by atoms with Crippen molar-refractivity contribution >= 4 is 33.4 Å². The molecule has 0 saturated heterocycles. The zero-order chi connectivity index (χ0) is 23.6. The number of hydrazone groups is 1. The number of rotatable bonds is 9. The number of sulfonamides is 1. The molecular formula is C14H12F9N3O3S. The molecule has 0 aliphatic rings. The summed E-state index contributed by atoms with van der Waals surface area (Å²) in [6.45, 7) is 1.48. The van der Waals surface area contributed by atoms with Gasteiger partial charge in [-0.25, -0.2) is 0 Å². The third-order valence-electron chi connectivity index (χ3n) is 3.44. The van der Waals surface area contributed by atoms with Crippen LogP contribution in [0.5, 0.6) is 0 Å². The van der Waals surface area contributed by atoms with Crippen LogP contribution in [0.2, 0.25) is 0 Å². The average Bonchev–Trinajstić information content (AvgIpc) is 2.62. The highest BCUT2D eigenvalue weighted by Gasteiger charge is 2.85. The Balaban J connectivity index is 3.38. The van der Waals surface area contributed by atoms with Gasteiger partial charge in [-0.15, -0.1) is 0 Å². The van der Waals surface area contributed by atoms with Gasteiger partial charge in [0.1, 0.15) is 5.71 Å². The average molecular weight is 473 g/mol. The largest absolute Gasteiger partial charge is 0.460 e. The summed E-state index contributed by atoms with van der Waals surface area (Å²) in [5.41, 5.74) is 0.453. The Morgan fingerprint density at radius 3 is 1.90 bits per heavy atom. The third kappa shape index (κ3) is 4.46. The van der Waals surface area contributed by atoms with Crippen molar-refractivity contribution in [1.82, 2.24) is 0 Å². The Hall–Kier alpha value is -2.52. The molecule has 1 aromatic carbocycles. The van der Waals surface area contributed by atoms with E-state index in [9.17, 15) is 52.7 Å². The van der Waals surface area contributed by atoms with Gasteiger partial charge >= 0.3 is 33.3 Å². The summed E-state index contributed by atoms with van der Waals surface area (Å²) < 4.78 is 141. The molecule has 170 valence electrons. The van der Waals surface area contributed by atoms with Gasteiger partial charge in [0.15, 0.2) is 6.29 Å². The highest BCUT2D eigenvalue weighted by atomic mass is 32.2. The number of aldehydes is 1. The normalized spacial score (nSPS) is 14.4. The summed E-state index contributed by atoms with van der Waals surface area (Å²) in [6, 6.07) is 3.82. The van der Waals surface area contributed by atoms with Crippen molar-refractivity contribution in [3.8, 4) is 0 Å². The van der Waals surface area contributed by atoms with E-state index in [1.807, 2.05) is 0 Å². The first-order valence-electron chi connectivity index (χ1n) is 7.55. The number of nitrogens with zero attached hydrogens (tertiary/aromatic N) is 1. The minimum atomic E-state index is -7.37. The first-order valence-corrected chi connectivity index (χ1v) is 9.04. The van der Waals surface area contributed by atoms with Gasteiger partial charge in [-0.3, -0.25) is 14.9 Å². The molecule has 0 aliphatic heterocycles. The maximum absolute atomic E-state index is 13.8. The van der Waals surface area contributed by atoms with Gasteiger partial charge < -0.3 is 0 Å². The molecule has 0 spiro atoms. The molecule has 0 atom stereocenters. The van der Waals surface area contributed by atoms with Crippen LogP contribution in [-0.2, 0) is 14.8 Å². The lowest BCUT2D eigenvalue weighted by molar-refractivity contribution is -0.382. The van der Waals surface area contributed by atoms with Crippen LogP contribution in [0, 0.1) is 0 Å². The molecule has 0 fully saturated rings. The lowest BCUT2D eigenvalue weighted by Crippen LogP contribution is -2.64. The highest BCUT2D eigenvalue weighted by Crippen LogP contribution is 2.54. The van der Waals surface area contributed by atoms with Crippen molar-refractivity contribution < 1.29 is 52.7 Å². The Kier molecular flexibility index (Phi) is 7.07. The van der Waals surface area contributed by atoms with E-state index in [-0.39, 0.29) is 18.4 Å². The molecule has 1 aromatic rings. The van der Waals surface area contributed by atoms with Crippen LogP contribution in [0.25, 0.3) is 0 Å². The third-order valence-corrected chi connectivity index (χ3v) is 4.86. The minimum Gasteiger partial charge on any atom is -0.296 e.